The first-order valence-corrected chi connectivity index (χ1v) is 6.87. The van der Waals surface area contributed by atoms with Crippen molar-refractivity contribution < 1.29 is 19.1 Å². The highest BCUT2D eigenvalue weighted by molar-refractivity contribution is 5.84. The van der Waals surface area contributed by atoms with Gasteiger partial charge in [0, 0.05) is 12.1 Å². The summed E-state index contributed by atoms with van der Waals surface area (Å²) in [5.74, 6) is -0.789. The normalized spacial score (nSPS) is 22.6. The first kappa shape index (κ1) is 14.4. The monoisotopic (exact) mass is 280 g/mol. The van der Waals surface area contributed by atoms with Gasteiger partial charge in [-0.2, -0.15) is 0 Å². The number of aromatic carboxylic acids is 1. The predicted molar refractivity (Wildman–Crippen MR) is 72.5 cm³/mol. The van der Waals surface area contributed by atoms with Crippen LogP contribution in [-0.4, -0.2) is 34.1 Å². The first-order chi connectivity index (χ1) is 9.49. The minimum Gasteiger partial charge on any atom is -0.475 e. The summed E-state index contributed by atoms with van der Waals surface area (Å²) in [5.41, 5.74) is 0. The van der Waals surface area contributed by atoms with Gasteiger partial charge in [-0.1, -0.05) is 0 Å². The van der Waals surface area contributed by atoms with E-state index in [0.717, 1.165) is 19.3 Å². The molecule has 2 amide bonds. The lowest BCUT2D eigenvalue weighted by molar-refractivity contribution is 0.0660. The van der Waals surface area contributed by atoms with E-state index in [-0.39, 0.29) is 30.4 Å². The van der Waals surface area contributed by atoms with Gasteiger partial charge in [-0.15, -0.1) is 0 Å². The third kappa shape index (κ3) is 3.12. The molecule has 2 N–H and O–H groups in total. The van der Waals surface area contributed by atoms with E-state index in [1.807, 2.05) is 18.7 Å². The minimum absolute atomic E-state index is 0.117. The molecule has 0 bridgehead atoms. The third-order valence-corrected chi connectivity index (χ3v) is 3.71. The number of urea groups is 1. The molecule has 6 nitrogen and oxygen atoms in total. The zero-order valence-corrected chi connectivity index (χ0v) is 11.8. The van der Waals surface area contributed by atoms with Crippen LogP contribution in [-0.2, 0) is 6.54 Å². The molecule has 1 saturated heterocycles. The van der Waals surface area contributed by atoms with Crippen molar-refractivity contribution in [3.8, 4) is 0 Å². The largest absolute Gasteiger partial charge is 0.475 e. The van der Waals surface area contributed by atoms with Gasteiger partial charge in [0.2, 0.25) is 5.76 Å². The molecule has 2 heterocycles. The topological polar surface area (TPSA) is 82.8 Å². The first-order valence-electron chi connectivity index (χ1n) is 6.87. The molecule has 1 aliphatic heterocycles. The fraction of sp³-hybridized carbons (Fsp3) is 0.571. The Morgan fingerprint density at radius 2 is 2.00 bits per heavy atom. The Hall–Kier alpha value is -1.98. The van der Waals surface area contributed by atoms with E-state index in [2.05, 4.69) is 5.32 Å². The molecule has 2 unspecified atom stereocenters. The van der Waals surface area contributed by atoms with E-state index >= 15 is 0 Å². The highest BCUT2D eigenvalue weighted by atomic mass is 16.4. The number of furan rings is 1. The van der Waals surface area contributed by atoms with Crippen LogP contribution >= 0.6 is 0 Å². The maximum atomic E-state index is 12.2. The smallest absolute Gasteiger partial charge is 0.371 e. The van der Waals surface area contributed by atoms with Gasteiger partial charge in [-0.05, 0) is 45.2 Å². The summed E-state index contributed by atoms with van der Waals surface area (Å²) >= 11 is 0. The molecule has 1 aromatic heterocycles. The van der Waals surface area contributed by atoms with Crippen LogP contribution in [0.3, 0.4) is 0 Å². The van der Waals surface area contributed by atoms with E-state index in [9.17, 15) is 9.59 Å². The van der Waals surface area contributed by atoms with Crippen LogP contribution < -0.4 is 5.32 Å². The molecule has 2 atom stereocenters. The van der Waals surface area contributed by atoms with E-state index < -0.39 is 5.97 Å². The van der Waals surface area contributed by atoms with Crippen LogP contribution in [0.25, 0.3) is 0 Å². The van der Waals surface area contributed by atoms with Gasteiger partial charge in [-0.25, -0.2) is 9.59 Å². The Morgan fingerprint density at radius 1 is 1.35 bits per heavy atom. The molecular weight excluding hydrogens is 260 g/mol. The second kappa shape index (κ2) is 5.98. The number of hydrogen-bond acceptors (Lipinski definition) is 3. The van der Waals surface area contributed by atoms with Gasteiger partial charge in [0.05, 0.1) is 6.54 Å². The third-order valence-electron chi connectivity index (χ3n) is 3.71. The standard InChI is InChI=1S/C14H20N2O4/c1-9-4-3-5-10(2)16(9)14(19)15-8-11-6-7-12(20-11)13(17)18/h6-7,9-10H,3-5,8H2,1-2H3,(H,15,19)(H,17,18). The van der Waals surface area contributed by atoms with E-state index in [1.165, 1.54) is 6.07 Å². The summed E-state index contributed by atoms with van der Waals surface area (Å²) in [6.45, 7) is 4.29. The SMILES string of the molecule is CC1CCCC(C)N1C(=O)NCc1ccc(C(=O)O)o1. The molecule has 0 spiro atoms. The van der Waals surface area contributed by atoms with E-state index in [4.69, 9.17) is 9.52 Å². The number of amides is 2. The van der Waals surface area contributed by atoms with Crippen molar-refractivity contribution in [3.63, 3.8) is 0 Å². The van der Waals surface area contributed by atoms with Crippen LogP contribution in [0.2, 0.25) is 0 Å². The number of nitrogens with one attached hydrogen (secondary N) is 1. The number of likely N-dealkylation sites (tertiary alicyclic amines) is 1. The maximum Gasteiger partial charge on any atom is 0.371 e. The van der Waals surface area contributed by atoms with Crippen LogP contribution in [0, 0.1) is 0 Å². The number of carboxylic acids is 1. The molecule has 1 aliphatic rings. The molecule has 0 radical (unpaired) electrons. The molecular formula is C14H20N2O4. The average molecular weight is 280 g/mol. The maximum absolute atomic E-state index is 12.2. The lowest BCUT2D eigenvalue weighted by Gasteiger charge is -2.38. The number of piperidine rings is 1. The summed E-state index contributed by atoms with van der Waals surface area (Å²) in [6.07, 6.45) is 3.18. The Bertz CT molecular complexity index is 487. The fourth-order valence-corrected chi connectivity index (χ4v) is 2.66. The Morgan fingerprint density at radius 3 is 2.55 bits per heavy atom. The van der Waals surface area contributed by atoms with Crippen molar-refractivity contribution in [2.75, 3.05) is 0 Å². The number of nitrogens with zero attached hydrogens (tertiary/aromatic N) is 1. The molecule has 0 aliphatic carbocycles. The lowest BCUT2D eigenvalue weighted by atomic mass is 9.98. The number of carbonyl (C=O) groups excluding carboxylic acids is 1. The summed E-state index contributed by atoms with van der Waals surface area (Å²) in [4.78, 5) is 24.7. The van der Waals surface area contributed by atoms with E-state index in [0.29, 0.717) is 5.76 Å². The average Bonchev–Trinajstić information content (AvgIpc) is 2.85. The Labute approximate surface area is 117 Å². The molecule has 110 valence electrons. The van der Waals surface area contributed by atoms with Gasteiger partial charge >= 0.3 is 12.0 Å². The molecule has 1 aromatic rings. The van der Waals surface area contributed by atoms with Crippen molar-refractivity contribution >= 4 is 12.0 Å². The zero-order chi connectivity index (χ0) is 14.7. The van der Waals surface area contributed by atoms with Crippen molar-refractivity contribution in [3.05, 3.63) is 23.7 Å². The number of hydrogen-bond donors (Lipinski definition) is 2. The van der Waals surface area contributed by atoms with Crippen LogP contribution in [0.4, 0.5) is 4.79 Å². The molecule has 2 rings (SSSR count). The van der Waals surface area contributed by atoms with Gasteiger partial charge in [0.1, 0.15) is 5.76 Å². The van der Waals surface area contributed by atoms with Gasteiger partial charge in [-0.3, -0.25) is 0 Å². The van der Waals surface area contributed by atoms with Crippen LogP contribution in [0.15, 0.2) is 16.5 Å². The van der Waals surface area contributed by atoms with Crippen molar-refractivity contribution in [2.45, 2.75) is 51.7 Å². The fourth-order valence-electron chi connectivity index (χ4n) is 2.66. The highest BCUT2D eigenvalue weighted by Crippen LogP contribution is 2.22. The molecule has 0 aromatic carbocycles. The molecule has 20 heavy (non-hydrogen) atoms. The number of carbonyl (C=O) groups is 2. The number of rotatable bonds is 3. The Kier molecular flexibility index (Phi) is 4.32. The Balaban J connectivity index is 1.92. The molecule has 1 fully saturated rings. The highest BCUT2D eigenvalue weighted by Gasteiger charge is 2.28. The van der Waals surface area contributed by atoms with Crippen molar-refractivity contribution in [1.82, 2.24) is 10.2 Å². The van der Waals surface area contributed by atoms with Crippen LogP contribution in [0.5, 0.6) is 0 Å². The van der Waals surface area contributed by atoms with Crippen molar-refractivity contribution in [1.29, 1.82) is 0 Å². The van der Waals surface area contributed by atoms with Crippen LogP contribution in [0.1, 0.15) is 49.4 Å². The predicted octanol–water partition coefficient (Wildman–Crippen LogP) is 2.45. The zero-order valence-electron chi connectivity index (χ0n) is 11.8. The van der Waals surface area contributed by atoms with Gasteiger partial charge < -0.3 is 19.7 Å². The second-order valence-corrected chi connectivity index (χ2v) is 5.27. The number of carboxylic acid groups (broad SMARTS) is 1. The summed E-state index contributed by atoms with van der Waals surface area (Å²) in [6, 6.07) is 3.27. The summed E-state index contributed by atoms with van der Waals surface area (Å²) in [7, 11) is 0. The van der Waals surface area contributed by atoms with Gasteiger partial charge in [0.15, 0.2) is 0 Å². The van der Waals surface area contributed by atoms with E-state index in [1.54, 1.807) is 6.07 Å². The second-order valence-electron chi connectivity index (χ2n) is 5.27. The van der Waals surface area contributed by atoms with Crippen molar-refractivity contribution in [2.24, 2.45) is 0 Å². The molecule has 6 heteroatoms. The minimum atomic E-state index is -1.11. The summed E-state index contributed by atoms with van der Waals surface area (Å²) < 4.78 is 5.10. The lowest BCUT2D eigenvalue weighted by Crippen LogP contribution is -2.51. The van der Waals surface area contributed by atoms with Gasteiger partial charge in [0.25, 0.3) is 0 Å². The molecule has 0 saturated carbocycles. The summed E-state index contributed by atoms with van der Waals surface area (Å²) in [5, 5.41) is 11.5. The quantitative estimate of drug-likeness (QED) is 0.891.